The van der Waals surface area contributed by atoms with Gasteiger partial charge >= 0.3 is 0 Å². The number of nitrogens with zero attached hydrogens (tertiary/aromatic N) is 1. The molecule has 0 radical (unpaired) electrons. The molecule has 2 rings (SSSR count). The van der Waals surface area contributed by atoms with E-state index in [1.165, 1.54) is 17.5 Å². The molecular formula is C11H11N3OS. The highest BCUT2D eigenvalue weighted by Gasteiger charge is 2.09. The molecule has 0 unspecified atom stereocenters. The Morgan fingerprint density at radius 2 is 2.25 bits per heavy atom. The molecule has 82 valence electrons. The average molecular weight is 233 g/mol. The number of hydrogen-bond acceptors (Lipinski definition) is 4. The normalized spacial score (nSPS) is 10.1. The van der Waals surface area contributed by atoms with Gasteiger partial charge in [-0.05, 0) is 30.0 Å². The zero-order chi connectivity index (χ0) is 11.5. The van der Waals surface area contributed by atoms with Crippen molar-refractivity contribution >= 4 is 28.7 Å². The van der Waals surface area contributed by atoms with Crippen molar-refractivity contribution in [3.05, 3.63) is 40.2 Å². The predicted molar refractivity (Wildman–Crippen MR) is 65.7 cm³/mol. The summed E-state index contributed by atoms with van der Waals surface area (Å²) in [6.45, 7) is 1.91. The van der Waals surface area contributed by atoms with Crippen LogP contribution < -0.4 is 11.1 Å². The van der Waals surface area contributed by atoms with Crippen molar-refractivity contribution in [2.24, 2.45) is 0 Å². The van der Waals surface area contributed by atoms with Crippen LogP contribution in [0.1, 0.15) is 15.9 Å². The largest absolute Gasteiger partial charge is 0.384 e. The van der Waals surface area contributed by atoms with Crippen LogP contribution in [0, 0.1) is 6.92 Å². The van der Waals surface area contributed by atoms with E-state index in [0.29, 0.717) is 17.1 Å². The van der Waals surface area contributed by atoms with Crippen molar-refractivity contribution in [1.29, 1.82) is 0 Å². The molecule has 0 aliphatic heterocycles. The lowest BCUT2D eigenvalue weighted by atomic mass is 10.2. The smallest absolute Gasteiger partial charge is 0.256 e. The number of hydrogen-bond donors (Lipinski definition) is 2. The molecule has 3 N–H and O–H groups in total. The molecule has 1 amide bonds. The van der Waals surface area contributed by atoms with Crippen LogP contribution in [0.25, 0.3) is 0 Å². The molecule has 2 aromatic heterocycles. The van der Waals surface area contributed by atoms with Crippen LogP contribution in [0.15, 0.2) is 29.1 Å². The third kappa shape index (κ3) is 2.20. The lowest BCUT2D eigenvalue weighted by Crippen LogP contribution is -2.12. The van der Waals surface area contributed by atoms with Gasteiger partial charge in [-0.3, -0.25) is 4.79 Å². The summed E-state index contributed by atoms with van der Waals surface area (Å²) in [5.41, 5.74) is 7.77. The van der Waals surface area contributed by atoms with Crippen LogP contribution >= 0.6 is 11.3 Å². The highest BCUT2D eigenvalue weighted by atomic mass is 32.1. The fourth-order valence-electron chi connectivity index (χ4n) is 1.27. The molecule has 2 aromatic rings. The van der Waals surface area contributed by atoms with Gasteiger partial charge in [-0.2, -0.15) is 11.3 Å². The maximum absolute atomic E-state index is 11.8. The Labute approximate surface area is 97.1 Å². The minimum Gasteiger partial charge on any atom is -0.384 e. The first-order chi connectivity index (χ1) is 7.66. The van der Waals surface area contributed by atoms with Crippen molar-refractivity contribution in [3.8, 4) is 0 Å². The topological polar surface area (TPSA) is 68.0 Å². The molecule has 5 heteroatoms. The molecule has 16 heavy (non-hydrogen) atoms. The van der Waals surface area contributed by atoms with Gasteiger partial charge < -0.3 is 11.1 Å². The van der Waals surface area contributed by atoms with E-state index in [1.807, 2.05) is 17.7 Å². The summed E-state index contributed by atoms with van der Waals surface area (Å²) in [4.78, 5) is 15.7. The van der Waals surface area contributed by atoms with Crippen LogP contribution in [0.5, 0.6) is 0 Å². The van der Waals surface area contributed by atoms with Crippen LogP contribution in [-0.4, -0.2) is 10.9 Å². The molecule has 2 heterocycles. The first kappa shape index (κ1) is 10.6. The second-order valence-corrected chi connectivity index (χ2v) is 4.14. The van der Waals surface area contributed by atoms with Crippen molar-refractivity contribution in [2.75, 3.05) is 11.1 Å². The Hall–Kier alpha value is -1.88. The number of amides is 1. The molecule has 0 spiro atoms. The standard InChI is InChI=1S/C11H11N3OS/c1-7-5-16-6-9(7)11(15)14-8-2-3-10(12)13-4-8/h2-6H,1H3,(H2,12,13)(H,14,15). The fraction of sp³-hybridized carbons (Fsp3) is 0.0909. The first-order valence-corrected chi connectivity index (χ1v) is 5.67. The summed E-state index contributed by atoms with van der Waals surface area (Å²) in [5.74, 6) is 0.315. The molecule has 0 aliphatic carbocycles. The Bertz CT molecular complexity index is 504. The molecule has 0 aliphatic rings. The monoisotopic (exact) mass is 233 g/mol. The van der Waals surface area contributed by atoms with Crippen LogP contribution in [0.4, 0.5) is 11.5 Å². The summed E-state index contributed by atoms with van der Waals surface area (Å²) >= 11 is 1.51. The van der Waals surface area contributed by atoms with Crippen molar-refractivity contribution in [1.82, 2.24) is 4.98 Å². The van der Waals surface area contributed by atoms with Crippen molar-refractivity contribution in [2.45, 2.75) is 6.92 Å². The van der Waals surface area contributed by atoms with Crippen molar-refractivity contribution in [3.63, 3.8) is 0 Å². The molecule has 0 aromatic carbocycles. The maximum atomic E-state index is 11.8. The number of thiophene rings is 1. The number of aromatic nitrogens is 1. The Morgan fingerprint density at radius 3 is 2.81 bits per heavy atom. The van der Waals surface area contributed by atoms with E-state index < -0.39 is 0 Å². The Morgan fingerprint density at radius 1 is 1.44 bits per heavy atom. The molecule has 0 saturated carbocycles. The summed E-state index contributed by atoms with van der Waals surface area (Å²) < 4.78 is 0. The number of nitrogens with one attached hydrogen (secondary N) is 1. The number of nitrogen functional groups attached to an aromatic ring is 1. The second-order valence-electron chi connectivity index (χ2n) is 3.39. The van der Waals surface area contributed by atoms with Crippen LogP contribution in [0.3, 0.4) is 0 Å². The second kappa shape index (κ2) is 4.32. The van der Waals surface area contributed by atoms with Crippen LogP contribution in [0.2, 0.25) is 0 Å². The zero-order valence-corrected chi connectivity index (χ0v) is 9.54. The maximum Gasteiger partial charge on any atom is 0.256 e. The molecule has 0 saturated heterocycles. The third-order valence-electron chi connectivity index (χ3n) is 2.14. The highest BCUT2D eigenvalue weighted by molar-refractivity contribution is 7.08. The number of pyridine rings is 1. The van der Waals surface area contributed by atoms with Gasteiger partial charge in [-0.15, -0.1) is 0 Å². The Kier molecular flexibility index (Phi) is 2.87. The average Bonchev–Trinajstić information content (AvgIpc) is 2.68. The van der Waals surface area contributed by atoms with E-state index in [9.17, 15) is 4.79 Å². The number of anilines is 2. The van der Waals surface area contributed by atoms with Gasteiger partial charge in [0, 0.05) is 5.38 Å². The van der Waals surface area contributed by atoms with Crippen molar-refractivity contribution < 1.29 is 4.79 Å². The van der Waals surface area contributed by atoms with E-state index in [4.69, 9.17) is 5.73 Å². The number of carbonyl (C=O) groups is 1. The van der Waals surface area contributed by atoms with Crippen LogP contribution in [-0.2, 0) is 0 Å². The minimum atomic E-state index is -0.120. The number of carbonyl (C=O) groups excluding carboxylic acids is 1. The van der Waals surface area contributed by atoms with Gasteiger partial charge in [-0.25, -0.2) is 4.98 Å². The lowest BCUT2D eigenvalue weighted by molar-refractivity contribution is 0.102. The quantitative estimate of drug-likeness (QED) is 0.836. The molecule has 0 bridgehead atoms. The summed E-state index contributed by atoms with van der Waals surface area (Å²) in [5, 5.41) is 6.53. The minimum absolute atomic E-state index is 0.120. The van der Waals surface area contributed by atoms with Gasteiger partial charge in [0.15, 0.2) is 0 Å². The summed E-state index contributed by atoms with van der Waals surface area (Å²) in [7, 11) is 0. The van der Waals surface area contributed by atoms with E-state index in [2.05, 4.69) is 10.3 Å². The molecule has 0 fully saturated rings. The molecular weight excluding hydrogens is 222 g/mol. The number of nitrogens with two attached hydrogens (primary N) is 1. The number of aryl methyl sites for hydroxylation is 1. The summed E-state index contributed by atoms with van der Waals surface area (Å²) in [6, 6.07) is 3.37. The molecule has 0 atom stereocenters. The fourth-order valence-corrected chi connectivity index (χ4v) is 2.10. The summed E-state index contributed by atoms with van der Waals surface area (Å²) in [6.07, 6.45) is 1.54. The lowest BCUT2D eigenvalue weighted by Gasteiger charge is -2.04. The SMILES string of the molecule is Cc1cscc1C(=O)Nc1ccc(N)nc1. The van der Waals surface area contributed by atoms with E-state index in [1.54, 1.807) is 12.1 Å². The Balaban J connectivity index is 2.14. The van der Waals surface area contributed by atoms with Gasteiger partial charge in [0.05, 0.1) is 17.4 Å². The van der Waals surface area contributed by atoms with Gasteiger partial charge in [0.25, 0.3) is 5.91 Å². The third-order valence-corrected chi connectivity index (χ3v) is 3.01. The van der Waals surface area contributed by atoms with E-state index in [-0.39, 0.29) is 5.91 Å². The van der Waals surface area contributed by atoms with E-state index >= 15 is 0 Å². The van der Waals surface area contributed by atoms with E-state index in [0.717, 1.165) is 5.56 Å². The highest BCUT2D eigenvalue weighted by Crippen LogP contribution is 2.16. The van der Waals surface area contributed by atoms with Gasteiger partial charge in [-0.1, -0.05) is 0 Å². The van der Waals surface area contributed by atoms with Gasteiger partial charge in [0.1, 0.15) is 5.82 Å². The molecule has 4 nitrogen and oxygen atoms in total. The number of rotatable bonds is 2. The zero-order valence-electron chi connectivity index (χ0n) is 8.73. The van der Waals surface area contributed by atoms with Gasteiger partial charge in [0.2, 0.25) is 0 Å². The predicted octanol–water partition coefficient (Wildman–Crippen LogP) is 2.29. The first-order valence-electron chi connectivity index (χ1n) is 4.72.